The van der Waals surface area contributed by atoms with E-state index in [4.69, 9.17) is 4.74 Å². The number of anilines is 4. The third kappa shape index (κ3) is 4.26. The van der Waals surface area contributed by atoms with Crippen molar-refractivity contribution in [2.24, 2.45) is 0 Å². The van der Waals surface area contributed by atoms with E-state index in [9.17, 15) is 0 Å². The van der Waals surface area contributed by atoms with Gasteiger partial charge in [0.05, 0.1) is 6.61 Å². The molecule has 2 N–H and O–H groups in total. The molecule has 0 fully saturated rings. The van der Waals surface area contributed by atoms with Gasteiger partial charge in [-0.25, -0.2) is 9.97 Å². The lowest BCUT2D eigenvalue weighted by Crippen LogP contribution is -2.00. The largest absolute Gasteiger partial charge is 0.494 e. The van der Waals surface area contributed by atoms with Crippen LogP contribution in [0.2, 0.25) is 0 Å². The molecule has 2 aromatic carbocycles. The lowest BCUT2D eigenvalue weighted by Gasteiger charge is -2.12. The average Bonchev–Trinajstić information content (AvgIpc) is 2.61. The predicted molar refractivity (Wildman–Crippen MR) is 102 cm³/mol. The number of rotatable bonds is 6. The number of benzene rings is 2. The zero-order chi connectivity index (χ0) is 17.6. The van der Waals surface area contributed by atoms with E-state index in [0.29, 0.717) is 6.61 Å². The monoisotopic (exact) mass is 334 g/mol. The molecule has 0 radical (unpaired) electrons. The summed E-state index contributed by atoms with van der Waals surface area (Å²) in [5.74, 6) is 2.33. The zero-order valence-corrected chi connectivity index (χ0v) is 14.7. The van der Waals surface area contributed by atoms with Gasteiger partial charge in [-0.1, -0.05) is 12.1 Å². The molecule has 1 heterocycles. The van der Waals surface area contributed by atoms with Gasteiger partial charge < -0.3 is 15.4 Å². The van der Waals surface area contributed by atoms with Crippen LogP contribution in [0.25, 0.3) is 0 Å². The van der Waals surface area contributed by atoms with E-state index >= 15 is 0 Å². The van der Waals surface area contributed by atoms with Gasteiger partial charge in [-0.15, -0.1) is 0 Å². The molecule has 3 aromatic rings. The first-order valence-corrected chi connectivity index (χ1v) is 8.31. The van der Waals surface area contributed by atoms with Crippen molar-refractivity contribution < 1.29 is 4.74 Å². The second kappa shape index (κ2) is 7.66. The number of aromatic nitrogens is 2. The van der Waals surface area contributed by atoms with E-state index in [0.717, 1.165) is 28.8 Å². The summed E-state index contributed by atoms with van der Waals surface area (Å²) in [6, 6.07) is 15.9. The Bertz CT molecular complexity index is 847. The Morgan fingerprint density at radius 1 is 0.920 bits per heavy atom. The number of hydrogen-bond donors (Lipinski definition) is 2. The topological polar surface area (TPSA) is 59.1 Å². The highest BCUT2D eigenvalue weighted by Crippen LogP contribution is 2.24. The smallest absolute Gasteiger partial charge is 0.135 e. The van der Waals surface area contributed by atoms with Gasteiger partial charge in [0.2, 0.25) is 0 Å². The van der Waals surface area contributed by atoms with Crippen molar-refractivity contribution in [1.29, 1.82) is 0 Å². The summed E-state index contributed by atoms with van der Waals surface area (Å²) in [7, 11) is 0. The fourth-order valence-electron chi connectivity index (χ4n) is 2.47. The molecular formula is C20H22N4O. The molecule has 5 heteroatoms. The van der Waals surface area contributed by atoms with Crippen LogP contribution in [0.15, 0.2) is 54.9 Å². The third-order valence-electron chi connectivity index (χ3n) is 3.97. The van der Waals surface area contributed by atoms with Gasteiger partial charge in [0.15, 0.2) is 0 Å². The number of hydrogen-bond acceptors (Lipinski definition) is 5. The highest BCUT2D eigenvalue weighted by molar-refractivity contribution is 5.65. The van der Waals surface area contributed by atoms with Crippen molar-refractivity contribution in [3.8, 4) is 5.75 Å². The van der Waals surface area contributed by atoms with Crippen molar-refractivity contribution in [2.45, 2.75) is 20.8 Å². The van der Waals surface area contributed by atoms with Crippen LogP contribution in [-0.4, -0.2) is 16.6 Å². The van der Waals surface area contributed by atoms with E-state index < -0.39 is 0 Å². The molecule has 25 heavy (non-hydrogen) atoms. The van der Waals surface area contributed by atoms with Crippen molar-refractivity contribution in [2.75, 3.05) is 17.2 Å². The van der Waals surface area contributed by atoms with Crippen LogP contribution in [-0.2, 0) is 0 Å². The van der Waals surface area contributed by atoms with Gasteiger partial charge in [-0.05, 0) is 62.2 Å². The predicted octanol–water partition coefficient (Wildman–Crippen LogP) is 4.98. The molecule has 0 unspecified atom stereocenters. The minimum absolute atomic E-state index is 0.659. The minimum Gasteiger partial charge on any atom is -0.494 e. The van der Waals surface area contributed by atoms with Crippen LogP contribution in [0, 0.1) is 13.8 Å². The van der Waals surface area contributed by atoms with Gasteiger partial charge in [0.1, 0.15) is 23.7 Å². The van der Waals surface area contributed by atoms with Gasteiger partial charge >= 0.3 is 0 Å². The van der Waals surface area contributed by atoms with Crippen molar-refractivity contribution in [1.82, 2.24) is 9.97 Å². The molecule has 0 saturated carbocycles. The Labute approximate surface area is 148 Å². The lowest BCUT2D eigenvalue weighted by atomic mass is 10.1. The first-order chi connectivity index (χ1) is 12.2. The van der Waals surface area contributed by atoms with E-state index in [1.54, 1.807) is 6.33 Å². The van der Waals surface area contributed by atoms with Crippen molar-refractivity contribution >= 4 is 23.0 Å². The molecule has 0 aliphatic carbocycles. The second-order valence-electron chi connectivity index (χ2n) is 5.74. The number of nitrogens with one attached hydrogen (secondary N) is 2. The Kier molecular flexibility index (Phi) is 5.14. The molecule has 0 bridgehead atoms. The van der Waals surface area contributed by atoms with Crippen LogP contribution in [0.1, 0.15) is 18.1 Å². The average molecular weight is 334 g/mol. The Morgan fingerprint density at radius 3 is 2.36 bits per heavy atom. The number of nitrogens with zero attached hydrogens (tertiary/aromatic N) is 2. The van der Waals surface area contributed by atoms with Crippen molar-refractivity contribution in [3.63, 3.8) is 0 Å². The standard InChI is InChI=1S/C20H22N4O/c1-4-25-17-10-8-16(9-11-17)23-19-12-20(22-13-21-19)24-18-7-5-6-14(2)15(18)3/h5-13H,4H2,1-3H3,(H2,21,22,23,24). The van der Waals surface area contributed by atoms with Crippen LogP contribution < -0.4 is 15.4 Å². The summed E-state index contributed by atoms with van der Waals surface area (Å²) in [6.07, 6.45) is 1.55. The Balaban J connectivity index is 1.74. The summed E-state index contributed by atoms with van der Waals surface area (Å²) in [4.78, 5) is 8.58. The molecule has 128 valence electrons. The molecule has 5 nitrogen and oxygen atoms in total. The zero-order valence-electron chi connectivity index (χ0n) is 14.7. The second-order valence-corrected chi connectivity index (χ2v) is 5.74. The van der Waals surface area contributed by atoms with Crippen LogP contribution in [0.5, 0.6) is 5.75 Å². The fourth-order valence-corrected chi connectivity index (χ4v) is 2.47. The Morgan fingerprint density at radius 2 is 1.64 bits per heavy atom. The number of ether oxygens (including phenoxy) is 1. The normalized spacial score (nSPS) is 10.4. The number of aryl methyl sites for hydroxylation is 1. The maximum absolute atomic E-state index is 5.45. The van der Waals surface area contributed by atoms with E-state index in [-0.39, 0.29) is 0 Å². The molecule has 3 rings (SSSR count). The summed E-state index contributed by atoms with van der Waals surface area (Å²) in [5.41, 5.74) is 4.44. The molecule has 0 aliphatic rings. The minimum atomic E-state index is 0.659. The molecule has 0 saturated heterocycles. The first-order valence-electron chi connectivity index (χ1n) is 8.31. The maximum atomic E-state index is 5.45. The van der Waals surface area contributed by atoms with Gasteiger partial charge in [-0.3, -0.25) is 0 Å². The highest BCUT2D eigenvalue weighted by Gasteiger charge is 2.04. The fraction of sp³-hybridized carbons (Fsp3) is 0.200. The SMILES string of the molecule is CCOc1ccc(Nc2cc(Nc3cccc(C)c3C)ncn2)cc1. The molecule has 0 atom stereocenters. The van der Waals surface area contributed by atoms with E-state index in [2.05, 4.69) is 40.5 Å². The van der Waals surface area contributed by atoms with E-state index in [1.165, 1.54) is 11.1 Å². The van der Waals surface area contributed by atoms with Gasteiger partial charge in [0.25, 0.3) is 0 Å². The molecule has 0 aliphatic heterocycles. The quantitative estimate of drug-likeness (QED) is 0.666. The Hall–Kier alpha value is -3.08. The third-order valence-corrected chi connectivity index (χ3v) is 3.97. The summed E-state index contributed by atoms with van der Waals surface area (Å²) in [6.45, 7) is 6.82. The summed E-state index contributed by atoms with van der Waals surface area (Å²) < 4.78 is 5.45. The summed E-state index contributed by atoms with van der Waals surface area (Å²) in [5, 5.41) is 6.63. The van der Waals surface area contributed by atoms with Crippen molar-refractivity contribution in [3.05, 3.63) is 66.0 Å². The lowest BCUT2D eigenvalue weighted by molar-refractivity contribution is 0.340. The molecule has 0 spiro atoms. The van der Waals surface area contributed by atoms with Crippen LogP contribution in [0.4, 0.5) is 23.0 Å². The van der Waals surface area contributed by atoms with Crippen LogP contribution >= 0.6 is 0 Å². The van der Waals surface area contributed by atoms with Gasteiger partial charge in [0, 0.05) is 17.4 Å². The highest BCUT2D eigenvalue weighted by atomic mass is 16.5. The molecule has 0 amide bonds. The van der Waals surface area contributed by atoms with Gasteiger partial charge in [-0.2, -0.15) is 0 Å². The maximum Gasteiger partial charge on any atom is 0.135 e. The summed E-state index contributed by atoms with van der Waals surface area (Å²) >= 11 is 0. The van der Waals surface area contributed by atoms with E-state index in [1.807, 2.05) is 49.4 Å². The van der Waals surface area contributed by atoms with Crippen LogP contribution in [0.3, 0.4) is 0 Å². The molecular weight excluding hydrogens is 312 g/mol. The molecule has 1 aromatic heterocycles. The first kappa shape index (κ1) is 16.8.